The molecule has 0 unspecified atom stereocenters. The van der Waals surface area contributed by atoms with Crippen molar-refractivity contribution >= 4 is 16.7 Å². The average Bonchev–Trinajstić information content (AvgIpc) is 2.77. The highest BCUT2D eigenvalue weighted by atomic mass is 16.5. The second kappa shape index (κ2) is 9.34. The highest BCUT2D eigenvalue weighted by Gasteiger charge is 2.18. The Morgan fingerprint density at radius 1 is 1.10 bits per heavy atom. The standard InChI is InChI=1S/C22H26N4O3/c1-4-25(5-2)14-13-23-21(27)20-18-11-6-7-12-19(18)22(28)26(24-20)16-9-8-10-17(15-16)29-3/h6-12,15H,4-5,13-14H2,1-3H3,(H,23,27)/p+1. The fourth-order valence-corrected chi connectivity index (χ4v) is 3.31. The zero-order chi connectivity index (χ0) is 20.8. The highest BCUT2D eigenvalue weighted by Crippen LogP contribution is 2.18. The summed E-state index contributed by atoms with van der Waals surface area (Å²) in [6.07, 6.45) is 0. The molecule has 7 nitrogen and oxygen atoms in total. The summed E-state index contributed by atoms with van der Waals surface area (Å²) >= 11 is 0. The van der Waals surface area contributed by atoms with Gasteiger partial charge in [0.05, 0.1) is 44.4 Å². The first kappa shape index (κ1) is 20.5. The Hall–Kier alpha value is -3.19. The summed E-state index contributed by atoms with van der Waals surface area (Å²) in [6, 6.07) is 14.1. The van der Waals surface area contributed by atoms with Crippen LogP contribution in [0.2, 0.25) is 0 Å². The molecule has 2 N–H and O–H groups in total. The molecular formula is C22H27N4O3+. The van der Waals surface area contributed by atoms with Crippen LogP contribution in [0.4, 0.5) is 0 Å². The summed E-state index contributed by atoms with van der Waals surface area (Å²) < 4.78 is 6.51. The number of carbonyl (C=O) groups is 1. The van der Waals surface area contributed by atoms with Crippen LogP contribution in [-0.2, 0) is 0 Å². The third kappa shape index (κ3) is 4.46. The number of benzene rings is 2. The van der Waals surface area contributed by atoms with Crippen molar-refractivity contribution in [3.8, 4) is 11.4 Å². The molecule has 0 aliphatic heterocycles. The number of carbonyl (C=O) groups excluding carboxylic acids is 1. The Morgan fingerprint density at radius 3 is 2.52 bits per heavy atom. The largest absolute Gasteiger partial charge is 0.497 e. The first-order chi connectivity index (χ1) is 14.1. The third-order valence-corrected chi connectivity index (χ3v) is 5.08. The van der Waals surface area contributed by atoms with Crippen molar-refractivity contribution in [2.75, 3.05) is 33.3 Å². The fraction of sp³-hybridized carbons (Fsp3) is 0.318. The predicted octanol–water partition coefficient (Wildman–Crippen LogP) is 1.05. The molecule has 0 saturated heterocycles. The van der Waals surface area contributed by atoms with Gasteiger partial charge in [0, 0.05) is 11.5 Å². The molecule has 29 heavy (non-hydrogen) atoms. The van der Waals surface area contributed by atoms with Gasteiger partial charge in [-0.3, -0.25) is 9.59 Å². The molecule has 0 aliphatic carbocycles. The number of hydrogen-bond acceptors (Lipinski definition) is 4. The van der Waals surface area contributed by atoms with Gasteiger partial charge < -0.3 is 15.0 Å². The molecule has 1 aromatic heterocycles. The average molecular weight is 395 g/mol. The number of quaternary nitrogens is 1. The van der Waals surface area contributed by atoms with Gasteiger partial charge >= 0.3 is 0 Å². The van der Waals surface area contributed by atoms with Gasteiger partial charge in [-0.15, -0.1) is 0 Å². The van der Waals surface area contributed by atoms with Gasteiger partial charge in [0.15, 0.2) is 5.69 Å². The van der Waals surface area contributed by atoms with E-state index in [-0.39, 0.29) is 17.2 Å². The van der Waals surface area contributed by atoms with E-state index in [1.54, 1.807) is 55.6 Å². The Balaban J connectivity index is 2.01. The molecule has 0 bridgehead atoms. The first-order valence-electron chi connectivity index (χ1n) is 9.87. The third-order valence-electron chi connectivity index (χ3n) is 5.08. The molecule has 152 valence electrons. The van der Waals surface area contributed by atoms with Crippen molar-refractivity contribution in [1.82, 2.24) is 15.1 Å². The molecule has 0 radical (unpaired) electrons. The van der Waals surface area contributed by atoms with Gasteiger partial charge in [-0.1, -0.05) is 24.3 Å². The summed E-state index contributed by atoms with van der Waals surface area (Å²) in [6.45, 7) is 7.65. The molecule has 0 fully saturated rings. The smallest absolute Gasteiger partial charge is 0.279 e. The molecular weight excluding hydrogens is 368 g/mol. The second-order valence-electron chi connectivity index (χ2n) is 6.78. The van der Waals surface area contributed by atoms with Crippen molar-refractivity contribution in [3.63, 3.8) is 0 Å². The number of methoxy groups -OCH3 is 1. The van der Waals surface area contributed by atoms with E-state index in [0.29, 0.717) is 28.8 Å². The molecule has 0 saturated carbocycles. The van der Waals surface area contributed by atoms with E-state index < -0.39 is 0 Å². The molecule has 3 rings (SSSR count). The zero-order valence-corrected chi connectivity index (χ0v) is 17.1. The molecule has 0 spiro atoms. The van der Waals surface area contributed by atoms with E-state index in [0.717, 1.165) is 19.6 Å². The number of aromatic nitrogens is 2. The summed E-state index contributed by atoms with van der Waals surface area (Å²) in [5.74, 6) is 0.321. The molecule has 2 aromatic carbocycles. The van der Waals surface area contributed by atoms with Crippen molar-refractivity contribution in [2.24, 2.45) is 0 Å². The number of nitrogens with one attached hydrogen (secondary N) is 2. The number of rotatable bonds is 8. The summed E-state index contributed by atoms with van der Waals surface area (Å²) in [4.78, 5) is 27.3. The van der Waals surface area contributed by atoms with E-state index in [1.165, 1.54) is 9.58 Å². The number of ether oxygens (including phenoxy) is 1. The maximum Gasteiger partial charge on any atom is 0.279 e. The first-order valence-corrected chi connectivity index (χ1v) is 9.87. The lowest BCUT2D eigenvalue weighted by molar-refractivity contribution is -0.895. The molecule has 0 atom stereocenters. The van der Waals surface area contributed by atoms with Crippen LogP contribution in [0, 0.1) is 0 Å². The van der Waals surface area contributed by atoms with Gasteiger partial charge in [0.25, 0.3) is 11.5 Å². The van der Waals surface area contributed by atoms with Crippen LogP contribution in [0.25, 0.3) is 16.5 Å². The lowest BCUT2D eigenvalue weighted by atomic mass is 10.1. The number of likely N-dealkylation sites (N-methyl/N-ethyl adjacent to an activating group) is 1. The Morgan fingerprint density at radius 2 is 1.83 bits per heavy atom. The van der Waals surface area contributed by atoms with Crippen LogP contribution in [0.1, 0.15) is 24.3 Å². The van der Waals surface area contributed by atoms with E-state index in [1.807, 2.05) is 0 Å². The van der Waals surface area contributed by atoms with Crippen LogP contribution < -0.4 is 20.5 Å². The van der Waals surface area contributed by atoms with Crippen LogP contribution in [-0.4, -0.2) is 49.0 Å². The van der Waals surface area contributed by atoms with Crippen molar-refractivity contribution in [3.05, 3.63) is 64.6 Å². The molecule has 1 amide bonds. The number of fused-ring (bicyclic) bond motifs is 1. The van der Waals surface area contributed by atoms with E-state index in [2.05, 4.69) is 24.3 Å². The summed E-state index contributed by atoms with van der Waals surface area (Å²) in [5.41, 5.74) is 0.497. The van der Waals surface area contributed by atoms with Gasteiger partial charge in [0.2, 0.25) is 0 Å². The minimum atomic E-state index is -0.288. The Bertz CT molecular complexity index is 1060. The monoisotopic (exact) mass is 395 g/mol. The normalized spacial score (nSPS) is 11.0. The molecule has 0 aliphatic rings. The molecule has 3 aromatic rings. The number of hydrogen-bond donors (Lipinski definition) is 2. The van der Waals surface area contributed by atoms with Gasteiger partial charge in [-0.05, 0) is 32.0 Å². The van der Waals surface area contributed by atoms with Crippen molar-refractivity contribution in [2.45, 2.75) is 13.8 Å². The Labute approximate surface area is 169 Å². The molecule has 1 heterocycles. The fourth-order valence-electron chi connectivity index (χ4n) is 3.31. The minimum Gasteiger partial charge on any atom is -0.497 e. The lowest BCUT2D eigenvalue weighted by Crippen LogP contribution is -3.12. The summed E-state index contributed by atoms with van der Waals surface area (Å²) in [5, 5.41) is 8.36. The SMILES string of the molecule is CC[NH+](CC)CCNC(=O)c1nn(-c2cccc(OC)c2)c(=O)c2ccccc12. The minimum absolute atomic E-state index is 0.234. The topological polar surface area (TPSA) is 77.7 Å². The van der Waals surface area contributed by atoms with Crippen molar-refractivity contribution in [1.29, 1.82) is 0 Å². The lowest BCUT2D eigenvalue weighted by Gasteiger charge is -2.16. The second-order valence-corrected chi connectivity index (χ2v) is 6.78. The van der Waals surface area contributed by atoms with Crippen molar-refractivity contribution < 1.29 is 14.4 Å². The zero-order valence-electron chi connectivity index (χ0n) is 17.1. The number of amides is 1. The van der Waals surface area contributed by atoms with Gasteiger partial charge in [-0.2, -0.15) is 9.78 Å². The van der Waals surface area contributed by atoms with Crippen LogP contribution >= 0.6 is 0 Å². The van der Waals surface area contributed by atoms with Gasteiger partial charge in [-0.25, -0.2) is 0 Å². The predicted molar refractivity (Wildman–Crippen MR) is 113 cm³/mol. The van der Waals surface area contributed by atoms with E-state index >= 15 is 0 Å². The van der Waals surface area contributed by atoms with Gasteiger partial charge in [0.1, 0.15) is 5.75 Å². The van der Waals surface area contributed by atoms with Crippen LogP contribution in [0.3, 0.4) is 0 Å². The highest BCUT2D eigenvalue weighted by molar-refractivity contribution is 6.04. The summed E-state index contributed by atoms with van der Waals surface area (Å²) in [7, 11) is 1.56. The van der Waals surface area contributed by atoms with E-state index in [9.17, 15) is 9.59 Å². The quantitative estimate of drug-likeness (QED) is 0.598. The maximum atomic E-state index is 13.0. The van der Waals surface area contributed by atoms with E-state index in [4.69, 9.17) is 4.74 Å². The molecule has 7 heteroatoms. The van der Waals surface area contributed by atoms with Crippen LogP contribution in [0.15, 0.2) is 53.3 Å². The van der Waals surface area contributed by atoms with Crippen LogP contribution in [0.5, 0.6) is 5.75 Å². The maximum absolute atomic E-state index is 13.0. The Kier molecular flexibility index (Phi) is 6.61. The number of nitrogens with zero attached hydrogens (tertiary/aromatic N) is 2.